The summed E-state index contributed by atoms with van der Waals surface area (Å²) in [6.45, 7) is 3.90. The van der Waals surface area contributed by atoms with Crippen LogP contribution in [0.25, 0.3) is 5.69 Å². The molecule has 118 valence electrons. The molecule has 0 N–H and O–H groups in total. The summed E-state index contributed by atoms with van der Waals surface area (Å²) in [5.41, 5.74) is 4.38. The zero-order valence-corrected chi connectivity index (χ0v) is 14.0. The Hall–Kier alpha value is -2.69. The molecule has 0 atom stereocenters. The summed E-state index contributed by atoms with van der Waals surface area (Å²) >= 11 is 0. The van der Waals surface area contributed by atoms with Gasteiger partial charge in [-0.3, -0.25) is 4.98 Å². The van der Waals surface area contributed by atoms with E-state index in [0.717, 1.165) is 29.5 Å². The van der Waals surface area contributed by atoms with Crippen molar-refractivity contribution in [3.8, 4) is 5.69 Å². The van der Waals surface area contributed by atoms with E-state index in [2.05, 4.69) is 44.2 Å². The molecule has 0 aliphatic carbocycles. The van der Waals surface area contributed by atoms with Gasteiger partial charge in [0, 0.05) is 38.1 Å². The topological polar surface area (TPSA) is 46.8 Å². The number of aryl methyl sites for hydroxylation is 2. The highest BCUT2D eigenvalue weighted by Gasteiger charge is 2.11. The Bertz CT molecular complexity index is 803. The highest BCUT2D eigenvalue weighted by molar-refractivity contribution is 5.46. The molecule has 0 unspecified atom stereocenters. The molecule has 0 aliphatic heterocycles. The van der Waals surface area contributed by atoms with E-state index < -0.39 is 0 Å². The van der Waals surface area contributed by atoms with Gasteiger partial charge in [-0.25, -0.2) is 9.67 Å². The molecule has 0 spiro atoms. The summed E-state index contributed by atoms with van der Waals surface area (Å²) in [7, 11) is 4.08. The maximum Gasteiger partial charge on any atom is 0.148 e. The minimum Gasteiger partial charge on any atom is -0.378 e. The molecule has 0 saturated heterocycles. The van der Waals surface area contributed by atoms with Gasteiger partial charge in [-0.2, -0.15) is 5.10 Å². The van der Waals surface area contributed by atoms with Gasteiger partial charge in [0.1, 0.15) is 11.6 Å². The van der Waals surface area contributed by atoms with Gasteiger partial charge in [-0.05, 0) is 43.7 Å². The van der Waals surface area contributed by atoms with Gasteiger partial charge in [0.15, 0.2) is 0 Å². The second-order valence-electron chi connectivity index (χ2n) is 5.88. The van der Waals surface area contributed by atoms with Crippen molar-refractivity contribution in [3.63, 3.8) is 0 Å². The Labute approximate surface area is 136 Å². The van der Waals surface area contributed by atoms with E-state index in [4.69, 9.17) is 0 Å². The van der Waals surface area contributed by atoms with E-state index in [1.807, 2.05) is 44.8 Å². The first-order valence-electron chi connectivity index (χ1n) is 7.65. The van der Waals surface area contributed by atoms with Crippen LogP contribution in [0.1, 0.15) is 22.9 Å². The maximum atomic E-state index is 4.59. The number of anilines is 1. The van der Waals surface area contributed by atoms with Crippen molar-refractivity contribution in [1.29, 1.82) is 0 Å². The van der Waals surface area contributed by atoms with Gasteiger partial charge >= 0.3 is 0 Å². The molecule has 0 fully saturated rings. The van der Waals surface area contributed by atoms with Crippen LogP contribution >= 0.6 is 0 Å². The van der Waals surface area contributed by atoms with E-state index in [1.165, 1.54) is 11.3 Å². The molecular weight excluding hydrogens is 286 g/mol. The minimum atomic E-state index is 0.746. The normalized spacial score (nSPS) is 10.8. The predicted molar refractivity (Wildman–Crippen MR) is 92.2 cm³/mol. The van der Waals surface area contributed by atoms with Crippen molar-refractivity contribution in [1.82, 2.24) is 19.7 Å². The van der Waals surface area contributed by atoms with Crippen molar-refractivity contribution in [2.24, 2.45) is 0 Å². The summed E-state index contributed by atoms with van der Waals surface area (Å²) in [5, 5.41) is 4.53. The third kappa shape index (κ3) is 3.39. The molecule has 0 amide bonds. The van der Waals surface area contributed by atoms with Gasteiger partial charge in [0.05, 0.1) is 5.69 Å². The van der Waals surface area contributed by atoms with Gasteiger partial charge in [-0.1, -0.05) is 12.1 Å². The van der Waals surface area contributed by atoms with Crippen molar-refractivity contribution in [2.75, 3.05) is 19.0 Å². The van der Waals surface area contributed by atoms with Crippen LogP contribution < -0.4 is 4.90 Å². The molecule has 23 heavy (non-hydrogen) atoms. The van der Waals surface area contributed by atoms with E-state index in [1.54, 1.807) is 6.20 Å². The van der Waals surface area contributed by atoms with Gasteiger partial charge in [0.2, 0.25) is 0 Å². The third-order valence-electron chi connectivity index (χ3n) is 3.72. The lowest BCUT2D eigenvalue weighted by Gasteiger charge is -2.12. The number of aromatic nitrogens is 4. The summed E-state index contributed by atoms with van der Waals surface area (Å²) < 4.78 is 1.91. The monoisotopic (exact) mass is 307 g/mol. The standard InChI is InChI=1S/C18H21N5/c1-13-11-17(9-10-19-13)23-18(20-14(2)21-23)12-15-5-7-16(8-6-15)22(3)4/h5-11H,12H2,1-4H3. The average molecular weight is 307 g/mol. The maximum absolute atomic E-state index is 4.59. The largest absolute Gasteiger partial charge is 0.378 e. The van der Waals surface area contributed by atoms with E-state index in [9.17, 15) is 0 Å². The van der Waals surface area contributed by atoms with Crippen LogP contribution in [0.2, 0.25) is 0 Å². The van der Waals surface area contributed by atoms with E-state index in [0.29, 0.717) is 0 Å². The summed E-state index contributed by atoms with van der Waals surface area (Å²) in [4.78, 5) is 10.9. The predicted octanol–water partition coefficient (Wildman–Crippen LogP) is 2.94. The SMILES string of the molecule is Cc1cc(-n2nc(C)nc2Cc2ccc(N(C)C)cc2)ccn1. The number of rotatable bonds is 4. The lowest BCUT2D eigenvalue weighted by molar-refractivity contribution is 0.804. The lowest BCUT2D eigenvalue weighted by Crippen LogP contribution is -2.08. The highest BCUT2D eigenvalue weighted by Crippen LogP contribution is 2.17. The Balaban J connectivity index is 1.91. The molecule has 5 heteroatoms. The number of hydrogen-bond acceptors (Lipinski definition) is 4. The zero-order chi connectivity index (χ0) is 16.4. The molecule has 5 nitrogen and oxygen atoms in total. The molecule has 0 bridgehead atoms. The Kier molecular flexibility index (Phi) is 4.10. The average Bonchev–Trinajstić information content (AvgIpc) is 2.88. The quantitative estimate of drug-likeness (QED) is 0.743. The third-order valence-corrected chi connectivity index (χ3v) is 3.72. The molecule has 0 saturated carbocycles. The van der Waals surface area contributed by atoms with Crippen LogP contribution in [0.15, 0.2) is 42.6 Å². The fourth-order valence-electron chi connectivity index (χ4n) is 2.54. The minimum absolute atomic E-state index is 0.746. The fraction of sp³-hybridized carbons (Fsp3) is 0.278. The Morgan fingerprint density at radius 1 is 1.04 bits per heavy atom. The van der Waals surface area contributed by atoms with Crippen LogP contribution in [-0.4, -0.2) is 33.8 Å². The second-order valence-corrected chi connectivity index (χ2v) is 5.88. The van der Waals surface area contributed by atoms with E-state index in [-0.39, 0.29) is 0 Å². The van der Waals surface area contributed by atoms with E-state index >= 15 is 0 Å². The van der Waals surface area contributed by atoms with Gasteiger partial charge < -0.3 is 4.90 Å². The first-order chi connectivity index (χ1) is 11.0. The number of nitrogens with zero attached hydrogens (tertiary/aromatic N) is 5. The fourth-order valence-corrected chi connectivity index (χ4v) is 2.54. The summed E-state index contributed by atoms with van der Waals surface area (Å²) in [6, 6.07) is 12.5. The van der Waals surface area contributed by atoms with Crippen molar-refractivity contribution < 1.29 is 0 Å². The first-order valence-corrected chi connectivity index (χ1v) is 7.65. The van der Waals surface area contributed by atoms with Crippen LogP contribution in [0, 0.1) is 13.8 Å². The molecule has 0 radical (unpaired) electrons. The number of hydrogen-bond donors (Lipinski definition) is 0. The van der Waals surface area contributed by atoms with Gasteiger partial charge in [0.25, 0.3) is 0 Å². The van der Waals surface area contributed by atoms with Crippen molar-refractivity contribution in [3.05, 3.63) is 65.5 Å². The molecular formula is C18H21N5. The van der Waals surface area contributed by atoms with Crippen LogP contribution in [-0.2, 0) is 6.42 Å². The Morgan fingerprint density at radius 3 is 2.43 bits per heavy atom. The summed E-state index contributed by atoms with van der Waals surface area (Å²) in [5.74, 6) is 1.71. The van der Waals surface area contributed by atoms with Crippen LogP contribution in [0.4, 0.5) is 5.69 Å². The van der Waals surface area contributed by atoms with Gasteiger partial charge in [-0.15, -0.1) is 0 Å². The number of pyridine rings is 1. The smallest absolute Gasteiger partial charge is 0.148 e. The second kappa shape index (κ2) is 6.20. The summed E-state index contributed by atoms with van der Waals surface area (Å²) in [6.07, 6.45) is 2.55. The molecule has 3 aromatic rings. The zero-order valence-electron chi connectivity index (χ0n) is 14.0. The molecule has 3 rings (SSSR count). The first kappa shape index (κ1) is 15.2. The molecule has 2 aromatic heterocycles. The highest BCUT2D eigenvalue weighted by atomic mass is 15.3. The number of benzene rings is 1. The Morgan fingerprint density at radius 2 is 1.78 bits per heavy atom. The van der Waals surface area contributed by atoms with Crippen molar-refractivity contribution >= 4 is 5.69 Å². The molecule has 0 aliphatic rings. The van der Waals surface area contributed by atoms with Crippen LogP contribution in [0.3, 0.4) is 0 Å². The lowest BCUT2D eigenvalue weighted by atomic mass is 10.1. The van der Waals surface area contributed by atoms with Crippen molar-refractivity contribution in [2.45, 2.75) is 20.3 Å². The molecule has 1 aromatic carbocycles. The van der Waals surface area contributed by atoms with Crippen LogP contribution in [0.5, 0.6) is 0 Å². The molecule has 2 heterocycles.